The molecule has 0 bridgehead atoms. The Morgan fingerprint density at radius 1 is 1.31 bits per heavy atom. The van der Waals surface area contributed by atoms with Crippen molar-refractivity contribution in [3.8, 4) is 11.4 Å². The van der Waals surface area contributed by atoms with Crippen LogP contribution in [-0.4, -0.2) is 70.6 Å². The summed E-state index contributed by atoms with van der Waals surface area (Å²) in [6.45, 7) is 1.46. The number of nitrogens with zero attached hydrogens (tertiary/aromatic N) is 4. The monoisotopic (exact) mass is 418 g/mol. The van der Waals surface area contributed by atoms with Gasteiger partial charge in [0.15, 0.2) is 0 Å². The molecule has 2 aliphatic heterocycles. The molecule has 0 aliphatic carbocycles. The van der Waals surface area contributed by atoms with Crippen molar-refractivity contribution in [2.24, 2.45) is 0 Å². The van der Waals surface area contributed by atoms with Crippen molar-refractivity contribution < 1.29 is 18.8 Å². The van der Waals surface area contributed by atoms with Crippen LogP contribution in [0.25, 0.3) is 11.4 Å². The molecule has 2 aromatic rings. The van der Waals surface area contributed by atoms with E-state index in [9.17, 15) is 9.59 Å². The van der Waals surface area contributed by atoms with E-state index >= 15 is 0 Å². The number of aromatic nitrogens is 2. The zero-order valence-corrected chi connectivity index (χ0v) is 17.0. The molecule has 154 valence electrons. The summed E-state index contributed by atoms with van der Waals surface area (Å²) in [5.74, 6) is 1.04. The summed E-state index contributed by atoms with van der Waals surface area (Å²) < 4.78 is 11.1. The molecule has 0 saturated carbocycles. The highest BCUT2D eigenvalue weighted by Crippen LogP contribution is 2.26. The number of halogens is 1. The fraction of sp³-hybridized carbons (Fsp3) is 0.500. The number of ether oxygens (including phenoxy) is 1. The fourth-order valence-corrected chi connectivity index (χ4v) is 4.03. The molecule has 29 heavy (non-hydrogen) atoms. The van der Waals surface area contributed by atoms with Gasteiger partial charge in [-0.2, -0.15) is 4.98 Å². The quantitative estimate of drug-likeness (QED) is 0.739. The van der Waals surface area contributed by atoms with Crippen molar-refractivity contribution >= 4 is 23.4 Å². The molecule has 2 amide bonds. The van der Waals surface area contributed by atoms with Gasteiger partial charge in [0.25, 0.3) is 0 Å². The Kier molecular flexibility index (Phi) is 5.82. The summed E-state index contributed by atoms with van der Waals surface area (Å²) in [6, 6.07) is 7.24. The largest absolute Gasteiger partial charge is 0.374 e. The SMILES string of the molecule is CN1C(=O)CCO[C@H]2CN(C(=O)CCCc3nc(-c4ccccc4Cl)no3)C[C@@H]21. The molecule has 0 spiro atoms. The number of likely N-dealkylation sites (N-methyl/N-ethyl adjacent to an activating group) is 1. The summed E-state index contributed by atoms with van der Waals surface area (Å²) >= 11 is 6.16. The molecule has 0 unspecified atom stereocenters. The molecule has 2 aliphatic rings. The molecular weight excluding hydrogens is 396 g/mol. The van der Waals surface area contributed by atoms with Crippen LogP contribution in [0.4, 0.5) is 0 Å². The van der Waals surface area contributed by atoms with Crippen LogP contribution in [0.15, 0.2) is 28.8 Å². The van der Waals surface area contributed by atoms with Gasteiger partial charge in [-0.05, 0) is 18.6 Å². The zero-order chi connectivity index (χ0) is 20.4. The van der Waals surface area contributed by atoms with Crippen LogP contribution in [0.1, 0.15) is 25.2 Å². The van der Waals surface area contributed by atoms with Gasteiger partial charge in [0.05, 0.1) is 30.2 Å². The van der Waals surface area contributed by atoms with Crippen molar-refractivity contribution in [1.29, 1.82) is 0 Å². The topological polar surface area (TPSA) is 88.8 Å². The van der Waals surface area contributed by atoms with Gasteiger partial charge in [-0.15, -0.1) is 0 Å². The van der Waals surface area contributed by atoms with Gasteiger partial charge >= 0.3 is 0 Å². The smallest absolute Gasteiger partial charge is 0.226 e. The maximum atomic E-state index is 12.6. The van der Waals surface area contributed by atoms with E-state index in [1.807, 2.05) is 18.2 Å². The number of carbonyl (C=O) groups excluding carboxylic acids is 2. The molecule has 0 radical (unpaired) electrons. The average Bonchev–Trinajstić information content (AvgIpc) is 3.32. The molecule has 9 heteroatoms. The minimum atomic E-state index is -0.107. The average molecular weight is 419 g/mol. The van der Waals surface area contributed by atoms with E-state index in [-0.39, 0.29) is 24.0 Å². The third kappa shape index (κ3) is 4.28. The molecule has 2 saturated heterocycles. The second kappa shape index (κ2) is 8.51. The van der Waals surface area contributed by atoms with Crippen molar-refractivity contribution in [2.45, 2.75) is 37.8 Å². The number of hydrogen-bond donors (Lipinski definition) is 0. The molecule has 0 N–H and O–H groups in total. The number of carbonyl (C=O) groups is 2. The van der Waals surface area contributed by atoms with E-state index in [1.165, 1.54) is 0 Å². The zero-order valence-electron chi connectivity index (χ0n) is 16.2. The standard InChI is InChI=1S/C20H23ClN4O4/c1-24-15-11-25(12-16(15)28-10-9-18(24)26)19(27)8-4-7-17-22-20(23-29-17)13-5-2-3-6-14(13)21/h2-3,5-6,15-16H,4,7-12H2,1H3/t15-,16-/m0/s1. The van der Waals surface area contributed by atoms with Gasteiger partial charge in [-0.25, -0.2) is 0 Å². The first kappa shape index (κ1) is 19.8. The summed E-state index contributed by atoms with van der Waals surface area (Å²) in [5.41, 5.74) is 0.717. The predicted octanol–water partition coefficient (Wildman–Crippen LogP) is 2.17. The van der Waals surface area contributed by atoms with Crippen LogP contribution in [0.2, 0.25) is 5.02 Å². The molecule has 8 nitrogen and oxygen atoms in total. The molecule has 1 aromatic carbocycles. The van der Waals surface area contributed by atoms with Crippen LogP contribution < -0.4 is 0 Å². The first-order valence-electron chi connectivity index (χ1n) is 9.75. The Morgan fingerprint density at radius 2 is 2.14 bits per heavy atom. The van der Waals surface area contributed by atoms with Gasteiger partial charge in [0.1, 0.15) is 0 Å². The van der Waals surface area contributed by atoms with Gasteiger partial charge < -0.3 is 19.1 Å². The summed E-state index contributed by atoms with van der Waals surface area (Å²) in [5, 5.41) is 4.54. The number of benzene rings is 1. The van der Waals surface area contributed by atoms with E-state index in [0.717, 1.165) is 5.56 Å². The van der Waals surface area contributed by atoms with Crippen molar-refractivity contribution in [3.63, 3.8) is 0 Å². The number of amides is 2. The Hall–Kier alpha value is -2.45. The van der Waals surface area contributed by atoms with Crippen LogP contribution in [-0.2, 0) is 20.7 Å². The first-order chi connectivity index (χ1) is 14.0. The van der Waals surface area contributed by atoms with E-state index in [0.29, 0.717) is 62.1 Å². The second-order valence-electron chi connectivity index (χ2n) is 7.38. The van der Waals surface area contributed by atoms with Gasteiger partial charge in [-0.1, -0.05) is 28.9 Å². The van der Waals surface area contributed by atoms with Gasteiger partial charge in [-0.3, -0.25) is 9.59 Å². The Morgan fingerprint density at radius 3 is 2.97 bits per heavy atom. The van der Waals surface area contributed by atoms with Crippen molar-refractivity contribution in [2.75, 3.05) is 26.7 Å². The fourth-order valence-electron chi connectivity index (χ4n) is 3.81. The minimum absolute atomic E-state index is 0.0494. The Bertz CT molecular complexity index is 902. The second-order valence-corrected chi connectivity index (χ2v) is 7.78. The lowest BCUT2D eigenvalue weighted by atomic mass is 10.2. The maximum absolute atomic E-state index is 12.6. The Balaban J connectivity index is 1.29. The lowest BCUT2D eigenvalue weighted by Gasteiger charge is -2.25. The molecule has 2 atom stereocenters. The predicted molar refractivity (Wildman–Crippen MR) is 105 cm³/mol. The third-order valence-corrected chi connectivity index (χ3v) is 5.82. The summed E-state index contributed by atoms with van der Waals surface area (Å²) in [7, 11) is 1.79. The maximum Gasteiger partial charge on any atom is 0.226 e. The van der Waals surface area contributed by atoms with Gasteiger partial charge in [0.2, 0.25) is 23.5 Å². The number of likely N-dealkylation sites (tertiary alicyclic amines) is 1. The Labute approximate surface area is 173 Å². The molecular formula is C20H23ClN4O4. The first-order valence-corrected chi connectivity index (χ1v) is 10.1. The number of aryl methyl sites for hydroxylation is 1. The highest BCUT2D eigenvalue weighted by Gasteiger charge is 2.41. The minimum Gasteiger partial charge on any atom is -0.374 e. The third-order valence-electron chi connectivity index (χ3n) is 5.49. The van der Waals surface area contributed by atoms with E-state index in [4.69, 9.17) is 20.9 Å². The van der Waals surface area contributed by atoms with Crippen molar-refractivity contribution in [1.82, 2.24) is 19.9 Å². The highest BCUT2D eigenvalue weighted by atomic mass is 35.5. The molecule has 3 heterocycles. The number of rotatable bonds is 5. The molecule has 4 rings (SSSR count). The van der Waals surface area contributed by atoms with Crippen molar-refractivity contribution in [3.05, 3.63) is 35.2 Å². The van der Waals surface area contributed by atoms with E-state index in [2.05, 4.69) is 10.1 Å². The normalized spacial score (nSPS) is 21.9. The molecule has 2 fully saturated rings. The van der Waals surface area contributed by atoms with Crippen LogP contribution >= 0.6 is 11.6 Å². The van der Waals surface area contributed by atoms with E-state index < -0.39 is 0 Å². The molecule has 1 aromatic heterocycles. The highest BCUT2D eigenvalue weighted by molar-refractivity contribution is 6.33. The summed E-state index contributed by atoms with van der Waals surface area (Å²) in [6.07, 6.45) is 1.78. The van der Waals surface area contributed by atoms with Crippen LogP contribution in [0.5, 0.6) is 0 Å². The lowest BCUT2D eigenvalue weighted by Crippen LogP contribution is -2.43. The number of fused-ring (bicyclic) bond motifs is 1. The lowest BCUT2D eigenvalue weighted by molar-refractivity contribution is -0.133. The van der Waals surface area contributed by atoms with Crippen LogP contribution in [0, 0.1) is 0 Å². The van der Waals surface area contributed by atoms with Gasteiger partial charge in [0, 0.05) is 38.5 Å². The summed E-state index contributed by atoms with van der Waals surface area (Å²) in [4.78, 5) is 32.5. The number of hydrogen-bond acceptors (Lipinski definition) is 6. The van der Waals surface area contributed by atoms with Crippen LogP contribution in [0.3, 0.4) is 0 Å². The van der Waals surface area contributed by atoms with E-state index in [1.54, 1.807) is 22.9 Å².